The van der Waals surface area contributed by atoms with E-state index in [0.717, 1.165) is 10.5 Å². The minimum Gasteiger partial charge on any atom is -0.439 e. The van der Waals surface area contributed by atoms with Crippen molar-refractivity contribution in [2.75, 3.05) is 26.2 Å². The zero-order valence-electron chi connectivity index (χ0n) is 11.9. The lowest BCUT2D eigenvalue weighted by Crippen LogP contribution is -2.57. The topological polar surface area (TPSA) is 91.8 Å². The van der Waals surface area contributed by atoms with Crippen LogP contribution < -0.4 is 5.32 Å². The Morgan fingerprint density at radius 2 is 2.05 bits per heavy atom. The minimum atomic E-state index is -0.592. The van der Waals surface area contributed by atoms with Crippen LogP contribution in [0.5, 0.6) is 0 Å². The molecule has 22 heavy (non-hydrogen) atoms. The fraction of sp³-hybridized carbons (Fsp3) is 0.429. The van der Waals surface area contributed by atoms with Crippen molar-refractivity contribution in [2.24, 2.45) is 5.92 Å². The third-order valence-corrected chi connectivity index (χ3v) is 3.72. The summed E-state index contributed by atoms with van der Waals surface area (Å²) >= 11 is 0. The third-order valence-electron chi connectivity index (χ3n) is 3.72. The summed E-state index contributed by atoms with van der Waals surface area (Å²) in [7, 11) is 0. The number of cyclic esters (lactones) is 1. The molecule has 2 saturated heterocycles. The summed E-state index contributed by atoms with van der Waals surface area (Å²) in [5.41, 5.74) is 0.978. The number of rotatable bonds is 4. The average molecular weight is 304 g/mol. The van der Waals surface area contributed by atoms with Crippen LogP contribution in [0.2, 0.25) is 0 Å². The number of hydrogen-bond donors (Lipinski definition) is 1. The van der Waals surface area contributed by atoms with Crippen LogP contribution in [0.1, 0.15) is 5.56 Å². The largest absolute Gasteiger partial charge is 0.439 e. The first-order chi connectivity index (χ1) is 10.6. The van der Waals surface area contributed by atoms with Crippen molar-refractivity contribution >= 4 is 18.0 Å². The van der Waals surface area contributed by atoms with E-state index >= 15 is 0 Å². The van der Waals surface area contributed by atoms with Crippen LogP contribution in [-0.2, 0) is 16.1 Å². The van der Waals surface area contributed by atoms with Crippen LogP contribution in [0.15, 0.2) is 24.5 Å². The summed E-state index contributed by atoms with van der Waals surface area (Å²) in [6, 6.07) is 3.52. The van der Waals surface area contributed by atoms with Gasteiger partial charge < -0.3 is 15.0 Å². The molecule has 8 nitrogen and oxygen atoms in total. The Morgan fingerprint density at radius 1 is 1.32 bits per heavy atom. The van der Waals surface area contributed by atoms with E-state index < -0.39 is 6.09 Å². The van der Waals surface area contributed by atoms with Gasteiger partial charge in [0.25, 0.3) is 5.91 Å². The van der Waals surface area contributed by atoms with Crippen LogP contribution in [0, 0.1) is 5.92 Å². The van der Waals surface area contributed by atoms with Gasteiger partial charge in [-0.3, -0.25) is 9.78 Å². The van der Waals surface area contributed by atoms with Gasteiger partial charge in [-0.15, -0.1) is 0 Å². The number of pyridine rings is 1. The van der Waals surface area contributed by atoms with E-state index in [0.29, 0.717) is 26.2 Å². The van der Waals surface area contributed by atoms with E-state index in [2.05, 4.69) is 15.0 Å². The highest BCUT2D eigenvalue weighted by Crippen LogP contribution is 2.19. The molecule has 116 valence electrons. The van der Waals surface area contributed by atoms with Crippen LogP contribution in [0.4, 0.5) is 9.59 Å². The van der Waals surface area contributed by atoms with Gasteiger partial charge in [-0.05, 0) is 17.7 Å². The van der Waals surface area contributed by atoms with Gasteiger partial charge in [0.1, 0.15) is 0 Å². The SMILES string of the molecule is O=C(NCc1ccncc1)N1CC(CN2C(=O)COC2=O)C1. The van der Waals surface area contributed by atoms with Gasteiger partial charge >= 0.3 is 12.1 Å². The van der Waals surface area contributed by atoms with E-state index in [-0.39, 0.29) is 24.5 Å². The predicted octanol–water partition coefficient (Wildman–Crippen LogP) is 0.202. The van der Waals surface area contributed by atoms with E-state index in [4.69, 9.17) is 0 Å². The van der Waals surface area contributed by atoms with Crippen molar-refractivity contribution in [3.63, 3.8) is 0 Å². The Balaban J connectivity index is 1.40. The number of amides is 4. The number of hydrogen-bond acceptors (Lipinski definition) is 5. The second-order valence-corrected chi connectivity index (χ2v) is 5.34. The fourth-order valence-corrected chi connectivity index (χ4v) is 2.46. The van der Waals surface area contributed by atoms with Gasteiger partial charge in [0.2, 0.25) is 0 Å². The zero-order valence-corrected chi connectivity index (χ0v) is 11.9. The van der Waals surface area contributed by atoms with Crippen LogP contribution in [0.3, 0.4) is 0 Å². The normalized spacial score (nSPS) is 18.2. The van der Waals surface area contributed by atoms with Crippen LogP contribution in [0.25, 0.3) is 0 Å². The predicted molar refractivity (Wildman–Crippen MR) is 74.6 cm³/mol. The van der Waals surface area contributed by atoms with Crippen LogP contribution >= 0.6 is 0 Å². The molecule has 0 atom stereocenters. The molecule has 8 heteroatoms. The molecule has 0 unspecified atom stereocenters. The number of likely N-dealkylation sites (tertiary alicyclic amines) is 1. The molecule has 3 rings (SSSR count). The van der Waals surface area contributed by atoms with Crippen molar-refractivity contribution in [3.8, 4) is 0 Å². The summed E-state index contributed by atoms with van der Waals surface area (Å²) in [5.74, 6) is -0.202. The van der Waals surface area contributed by atoms with Gasteiger partial charge in [-0.2, -0.15) is 0 Å². The average Bonchev–Trinajstić information content (AvgIpc) is 2.80. The molecular formula is C14H16N4O4. The van der Waals surface area contributed by atoms with E-state index in [1.807, 2.05) is 12.1 Å². The number of nitrogens with zero attached hydrogens (tertiary/aromatic N) is 3. The van der Waals surface area contributed by atoms with Gasteiger partial charge in [-0.25, -0.2) is 14.5 Å². The first kappa shape index (κ1) is 14.3. The fourth-order valence-electron chi connectivity index (χ4n) is 2.46. The molecule has 1 N–H and O–H groups in total. The molecule has 0 aromatic carbocycles. The molecule has 4 amide bonds. The molecule has 0 spiro atoms. The Bertz CT molecular complexity index is 570. The van der Waals surface area contributed by atoms with Crippen molar-refractivity contribution < 1.29 is 19.1 Å². The first-order valence-electron chi connectivity index (χ1n) is 7.02. The molecule has 0 bridgehead atoms. The lowest BCUT2D eigenvalue weighted by molar-refractivity contribution is -0.126. The van der Waals surface area contributed by atoms with Gasteiger partial charge in [0, 0.05) is 44.5 Å². The second-order valence-electron chi connectivity index (χ2n) is 5.34. The Hall–Kier alpha value is -2.64. The molecule has 2 aliphatic rings. The Morgan fingerprint density at radius 3 is 2.68 bits per heavy atom. The molecule has 1 aromatic rings. The lowest BCUT2D eigenvalue weighted by atomic mass is 10.0. The quantitative estimate of drug-likeness (QED) is 0.858. The molecular weight excluding hydrogens is 288 g/mol. The van der Waals surface area contributed by atoms with Gasteiger partial charge in [-0.1, -0.05) is 0 Å². The highest BCUT2D eigenvalue weighted by molar-refractivity contribution is 5.97. The van der Waals surface area contributed by atoms with Gasteiger partial charge in [0.05, 0.1) is 0 Å². The lowest BCUT2D eigenvalue weighted by Gasteiger charge is -2.40. The summed E-state index contributed by atoms with van der Waals surface area (Å²) < 4.78 is 4.65. The summed E-state index contributed by atoms with van der Waals surface area (Å²) in [6.07, 6.45) is 2.76. The van der Waals surface area contributed by atoms with E-state index in [9.17, 15) is 14.4 Å². The molecule has 0 saturated carbocycles. The highest BCUT2D eigenvalue weighted by atomic mass is 16.6. The molecule has 0 radical (unpaired) electrons. The Labute approximate surface area is 127 Å². The first-order valence-corrected chi connectivity index (χ1v) is 7.02. The highest BCUT2D eigenvalue weighted by Gasteiger charge is 2.38. The van der Waals surface area contributed by atoms with Crippen molar-refractivity contribution in [1.29, 1.82) is 0 Å². The molecule has 0 aliphatic carbocycles. The number of carbonyl (C=O) groups excluding carboxylic acids is 3. The second kappa shape index (κ2) is 6.00. The molecule has 2 aliphatic heterocycles. The maximum Gasteiger partial charge on any atom is 0.417 e. The molecule has 1 aromatic heterocycles. The molecule has 2 fully saturated rings. The number of aromatic nitrogens is 1. The van der Waals surface area contributed by atoms with Crippen LogP contribution in [-0.4, -0.2) is 59.1 Å². The van der Waals surface area contributed by atoms with Crippen molar-refractivity contribution in [1.82, 2.24) is 20.1 Å². The maximum atomic E-state index is 11.9. The summed E-state index contributed by atoms with van der Waals surface area (Å²) in [5, 5.41) is 2.82. The zero-order chi connectivity index (χ0) is 15.5. The number of carbonyl (C=O) groups is 3. The van der Waals surface area contributed by atoms with Gasteiger partial charge in [0.15, 0.2) is 6.61 Å². The number of ether oxygens (including phenoxy) is 1. The van der Waals surface area contributed by atoms with E-state index in [1.165, 1.54) is 0 Å². The summed E-state index contributed by atoms with van der Waals surface area (Å²) in [6.45, 7) is 1.63. The number of imide groups is 1. The van der Waals surface area contributed by atoms with E-state index in [1.54, 1.807) is 17.3 Å². The maximum absolute atomic E-state index is 11.9. The monoisotopic (exact) mass is 304 g/mol. The van der Waals surface area contributed by atoms with Crippen molar-refractivity contribution in [2.45, 2.75) is 6.54 Å². The smallest absolute Gasteiger partial charge is 0.417 e. The number of urea groups is 1. The minimum absolute atomic E-state index is 0.112. The number of nitrogens with one attached hydrogen (secondary N) is 1. The van der Waals surface area contributed by atoms with Crippen molar-refractivity contribution in [3.05, 3.63) is 30.1 Å². The molecule has 3 heterocycles. The Kier molecular flexibility index (Phi) is 3.90. The standard InChI is InChI=1S/C14H16N4O4/c19-12-9-22-14(21)18(12)8-11-6-17(7-11)13(20)16-5-10-1-3-15-4-2-10/h1-4,11H,5-9H2,(H,16,20). The summed E-state index contributed by atoms with van der Waals surface area (Å²) in [4.78, 5) is 41.3. The third kappa shape index (κ3) is 3.00.